The highest BCUT2D eigenvalue weighted by atomic mass is 16.1. The van der Waals surface area contributed by atoms with Crippen LogP contribution in [0.2, 0.25) is 0 Å². The minimum absolute atomic E-state index is 0.0191. The van der Waals surface area contributed by atoms with E-state index in [0.717, 1.165) is 25.7 Å². The molecule has 0 bridgehead atoms. The van der Waals surface area contributed by atoms with E-state index in [-0.39, 0.29) is 6.04 Å². The van der Waals surface area contributed by atoms with Crippen LogP contribution in [0.25, 0.3) is 0 Å². The number of hydrogen-bond acceptors (Lipinski definition) is 4. The first-order valence-corrected chi connectivity index (χ1v) is 20.8. The van der Waals surface area contributed by atoms with Gasteiger partial charge in [-0.2, -0.15) is 4.99 Å². The van der Waals surface area contributed by atoms with Gasteiger partial charge in [0.25, 0.3) is 0 Å². The van der Waals surface area contributed by atoms with Gasteiger partial charge >= 0.3 is 0 Å². The molecule has 5 atom stereocenters. The molecular weight excluding hydrogens is 576 g/mol. The number of isocyanates is 2. The van der Waals surface area contributed by atoms with Crippen LogP contribution in [0.3, 0.4) is 0 Å². The molecule has 0 fully saturated rings. The van der Waals surface area contributed by atoms with Crippen LogP contribution < -0.4 is 0 Å². The second-order valence-corrected chi connectivity index (χ2v) is 15.0. The molecule has 0 saturated heterocycles. The lowest BCUT2D eigenvalue weighted by Crippen LogP contribution is -2.36. The van der Waals surface area contributed by atoms with E-state index in [9.17, 15) is 9.59 Å². The Morgan fingerprint density at radius 1 is 0.596 bits per heavy atom. The normalized spacial score (nSPS) is 24.8. The van der Waals surface area contributed by atoms with Gasteiger partial charge in [0.05, 0.1) is 12.6 Å². The fraction of sp³-hybridized carbons (Fsp3) is 0.860. The zero-order valence-electron chi connectivity index (χ0n) is 31.0. The summed E-state index contributed by atoms with van der Waals surface area (Å²) in [4.78, 5) is 30.4. The molecule has 0 radical (unpaired) electrons. The molecule has 2 aliphatic carbocycles. The number of carbonyl (C=O) groups excluding carboxylic acids is 2. The average Bonchev–Trinajstić information content (AvgIpc) is 3.13. The number of allylic oxidation sites excluding steroid dienone is 3. The van der Waals surface area contributed by atoms with E-state index >= 15 is 0 Å². The van der Waals surface area contributed by atoms with Gasteiger partial charge in [-0.05, 0) is 74.2 Å². The van der Waals surface area contributed by atoms with Crippen molar-refractivity contribution in [1.82, 2.24) is 0 Å². The van der Waals surface area contributed by atoms with Crippen molar-refractivity contribution >= 4 is 12.2 Å². The summed E-state index contributed by atoms with van der Waals surface area (Å²) in [6.07, 6.45) is 48.7. The Bertz CT molecular complexity index is 913. The zero-order valence-corrected chi connectivity index (χ0v) is 31.0. The maximum absolute atomic E-state index is 11.9. The first kappa shape index (κ1) is 41.4. The van der Waals surface area contributed by atoms with Gasteiger partial charge in [0.15, 0.2) is 0 Å². The molecule has 5 unspecified atom stereocenters. The van der Waals surface area contributed by atoms with E-state index in [2.05, 4.69) is 42.1 Å². The van der Waals surface area contributed by atoms with Crippen LogP contribution in [-0.2, 0) is 9.59 Å². The summed E-state index contributed by atoms with van der Waals surface area (Å²) in [5.74, 6) is 2.38. The minimum atomic E-state index is 0.0191. The first-order chi connectivity index (χ1) is 23.3. The van der Waals surface area contributed by atoms with Crippen LogP contribution in [0.15, 0.2) is 33.8 Å². The fourth-order valence-corrected chi connectivity index (χ4v) is 8.57. The van der Waals surface area contributed by atoms with Gasteiger partial charge in [0, 0.05) is 0 Å². The predicted octanol–water partition coefficient (Wildman–Crippen LogP) is 13.4. The minimum Gasteiger partial charge on any atom is -0.211 e. The van der Waals surface area contributed by atoms with Crippen molar-refractivity contribution in [3.05, 3.63) is 23.8 Å². The van der Waals surface area contributed by atoms with Crippen LogP contribution >= 0.6 is 0 Å². The van der Waals surface area contributed by atoms with Crippen LogP contribution in [-0.4, -0.2) is 24.7 Å². The molecule has 0 saturated carbocycles. The summed E-state index contributed by atoms with van der Waals surface area (Å²) in [5, 5.41) is 0. The molecular formula is C43H74N2O2. The van der Waals surface area contributed by atoms with E-state index in [0.29, 0.717) is 30.2 Å². The number of aliphatic imine (C=N–C) groups is 2. The molecule has 0 aromatic heterocycles. The Labute approximate surface area is 291 Å². The second kappa shape index (κ2) is 29.2. The third-order valence-corrected chi connectivity index (χ3v) is 11.3. The Hall–Kier alpha value is -1.76. The molecule has 0 aliphatic heterocycles. The maximum atomic E-state index is 11.9. The summed E-state index contributed by atoms with van der Waals surface area (Å²) in [5.41, 5.74) is 1.52. The zero-order chi connectivity index (χ0) is 33.6. The van der Waals surface area contributed by atoms with Crippen molar-refractivity contribution in [2.75, 3.05) is 6.54 Å². The van der Waals surface area contributed by atoms with Gasteiger partial charge in [-0.3, -0.25) is 0 Å². The number of rotatable bonds is 25. The maximum Gasteiger partial charge on any atom is 0.235 e. The molecule has 2 rings (SSSR count). The third kappa shape index (κ3) is 18.5. The van der Waals surface area contributed by atoms with E-state index < -0.39 is 0 Å². The second-order valence-electron chi connectivity index (χ2n) is 15.0. The summed E-state index contributed by atoms with van der Waals surface area (Å²) in [6, 6.07) is 0.0191. The Kier molecular flexibility index (Phi) is 25.7. The van der Waals surface area contributed by atoms with Gasteiger partial charge in [-0.1, -0.05) is 173 Å². The van der Waals surface area contributed by atoms with E-state index in [1.807, 2.05) is 6.08 Å². The standard InChI is InChI=1S/C43H74N2O2/c1-3-5-7-8-9-12-17-23-28-38-33-34-39(29-24-18-13-11-16-21-27-35-44-36-46)43(40(38)30-22-6-4-2)41-31-25-19-14-10-15-20-26-32-42(41)45-37-47/h31,33-34,38-40,42-43H,3-30,32,35H2,1-2H3/b41-31+. The van der Waals surface area contributed by atoms with Gasteiger partial charge in [0.1, 0.15) is 0 Å². The molecule has 0 aromatic carbocycles. The largest absolute Gasteiger partial charge is 0.235 e. The highest BCUT2D eigenvalue weighted by Crippen LogP contribution is 2.47. The topological polar surface area (TPSA) is 58.9 Å². The lowest BCUT2D eigenvalue weighted by atomic mass is 9.62. The van der Waals surface area contributed by atoms with E-state index in [4.69, 9.17) is 0 Å². The molecule has 0 spiro atoms. The summed E-state index contributed by atoms with van der Waals surface area (Å²) in [7, 11) is 0. The van der Waals surface area contributed by atoms with Crippen LogP contribution in [0.4, 0.5) is 0 Å². The summed E-state index contributed by atoms with van der Waals surface area (Å²) >= 11 is 0. The number of unbranched alkanes of at least 4 members (excludes halogenated alkanes) is 15. The van der Waals surface area contributed by atoms with Gasteiger partial charge in [-0.25, -0.2) is 14.6 Å². The molecule has 4 heteroatoms. The molecule has 47 heavy (non-hydrogen) atoms. The van der Waals surface area contributed by atoms with Crippen molar-refractivity contribution in [3.63, 3.8) is 0 Å². The lowest BCUT2D eigenvalue weighted by Gasteiger charge is -2.43. The lowest BCUT2D eigenvalue weighted by molar-refractivity contribution is 0.180. The van der Waals surface area contributed by atoms with Crippen molar-refractivity contribution in [3.8, 4) is 0 Å². The SMILES string of the molecule is CCCCCCCCCCC1C=CC(CCCCCCCCCN=C=O)C(/C2=C/CCCCCCCCC2N=C=O)C1CCCCC. The Morgan fingerprint density at radius 2 is 1.13 bits per heavy atom. The highest BCUT2D eigenvalue weighted by Gasteiger charge is 2.39. The number of hydrogen-bond donors (Lipinski definition) is 0. The van der Waals surface area contributed by atoms with Gasteiger partial charge in [-0.15, -0.1) is 0 Å². The van der Waals surface area contributed by atoms with Gasteiger partial charge in [0.2, 0.25) is 12.2 Å². The predicted molar refractivity (Wildman–Crippen MR) is 201 cm³/mol. The van der Waals surface area contributed by atoms with Crippen LogP contribution in [0.1, 0.15) is 200 Å². The van der Waals surface area contributed by atoms with Crippen molar-refractivity contribution < 1.29 is 9.59 Å². The monoisotopic (exact) mass is 651 g/mol. The van der Waals surface area contributed by atoms with Crippen LogP contribution in [0.5, 0.6) is 0 Å². The third-order valence-electron chi connectivity index (χ3n) is 11.3. The summed E-state index contributed by atoms with van der Waals surface area (Å²) < 4.78 is 0. The van der Waals surface area contributed by atoms with E-state index in [1.54, 1.807) is 6.08 Å². The smallest absolute Gasteiger partial charge is 0.211 e. The molecule has 4 nitrogen and oxygen atoms in total. The van der Waals surface area contributed by atoms with Crippen LogP contribution in [0, 0.1) is 23.7 Å². The molecule has 0 heterocycles. The molecule has 0 amide bonds. The molecule has 0 N–H and O–H groups in total. The molecule has 2 aliphatic rings. The molecule has 268 valence electrons. The van der Waals surface area contributed by atoms with Crippen molar-refractivity contribution in [2.24, 2.45) is 33.7 Å². The average molecular weight is 651 g/mol. The quantitative estimate of drug-likeness (QED) is 0.0427. The summed E-state index contributed by atoms with van der Waals surface area (Å²) in [6.45, 7) is 5.26. The number of nitrogens with zero attached hydrogens (tertiary/aromatic N) is 2. The van der Waals surface area contributed by atoms with E-state index in [1.165, 1.54) is 166 Å². The first-order valence-electron chi connectivity index (χ1n) is 20.8. The Morgan fingerprint density at radius 3 is 1.79 bits per heavy atom. The molecule has 0 aromatic rings. The highest BCUT2D eigenvalue weighted by molar-refractivity contribution is 5.36. The fourth-order valence-electron chi connectivity index (χ4n) is 8.57. The Balaban J connectivity index is 2.21. The van der Waals surface area contributed by atoms with Gasteiger partial charge < -0.3 is 0 Å². The van der Waals surface area contributed by atoms with Crippen molar-refractivity contribution in [1.29, 1.82) is 0 Å². The van der Waals surface area contributed by atoms with Crippen molar-refractivity contribution in [2.45, 2.75) is 206 Å².